The van der Waals surface area contributed by atoms with Crippen LogP contribution in [0.2, 0.25) is 0 Å². The molecule has 2 aliphatic heterocycles. The summed E-state index contributed by atoms with van der Waals surface area (Å²) in [6, 6.07) is 17.4. The van der Waals surface area contributed by atoms with Crippen LogP contribution in [0.25, 0.3) is 10.4 Å². The number of aliphatic hydroxyl groups is 2. The summed E-state index contributed by atoms with van der Waals surface area (Å²) in [6.07, 6.45) is -2.80. The smallest absolute Gasteiger partial charge is 0.410 e. The highest BCUT2D eigenvalue weighted by Crippen LogP contribution is 2.30. The van der Waals surface area contributed by atoms with Gasteiger partial charge in [-0.25, -0.2) is 4.79 Å². The third-order valence-electron chi connectivity index (χ3n) is 9.92. The standard InChI is InChI=1S/C30H38N4O8.C13H26N2O5/c1-21-27(41-22(2)35)28(42-23(3)36)26(32-33-31)29(40-21)38-18-12-6-11-17-34(19-24-13-7-4-8-14-24)30(37)39-20-25-15-9-5-10-16-25;1-8-11(17)12(18)10(15-9(2)16)13(20-8)19-7-5-3-4-6-14/h4-5,7-10,13-16,21,26-29H,6,11-12,17-20H2,1-3H3;8,10-13,17-18H,3-7,14H2,1-2H3,(H,15,16). The normalized spacial score (nSPS) is 25.5. The van der Waals surface area contributed by atoms with Gasteiger partial charge in [0.1, 0.15) is 30.9 Å². The van der Waals surface area contributed by atoms with Gasteiger partial charge in [0, 0.05) is 52.0 Å². The number of nitrogens with zero attached hydrogens (tertiary/aromatic N) is 4. The predicted octanol–water partition coefficient (Wildman–Crippen LogP) is 4.40. The van der Waals surface area contributed by atoms with E-state index in [9.17, 15) is 29.4 Å². The van der Waals surface area contributed by atoms with Gasteiger partial charge in [-0.15, -0.1) is 0 Å². The molecule has 62 heavy (non-hydrogen) atoms. The molecule has 2 heterocycles. The molecule has 19 heteroatoms. The Balaban J connectivity index is 0.000000428. The highest BCUT2D eigenvalue weighted by Gasteiger charge is 2.48. The summed E-state index contributed by atoms with van der Waals surface area (Å²) in [6.45, 7) is 9.57. The van der Waals surface area contributed by atoms with Gasteiger partial charge in [0.25, 0.3) is 0 Å². The molecular formula is C43H64N6O13. The fraction of sp³-hybridized carbons (Fsp3) is 0.628. The average Bonchev–Trinajstić information content (AvgIpc) is 3.24. The van der Waals surface area contributed by atoms with E-state index in [1.54, 1.807) is 18.7 Å². The third-order valence-corrected chi connectivity index (χ3v) is 9.92. The summed E-state index contributed by atoms with van der Waals surface area (Å²) in [5.74, 6) is -1.52. The van der Waals surface area contributed by atoms with E-state index in [1.807, 2.05) is 60.7 Å². The maximum absolute atomic E-state index is 12.9. The van der Waals surface area contributed by atoms with Crippen molar-refractivity contribution in [2.45, 2.75) is 148 Å². The Hall–Kier alpha value is -4.85. The number of aliphatic hydroxyl groups excluding tert-OH is 2. The summed E-state index contributed by atoms with van der Waals surface area (Å²) in [5.41, 5.74) is 16.4. The zero-order valence-corrected chi connectivity index (χ0v) is 36.3. The topological polar surface area (TPSA) is 263 Å². The lowest BCUT2D eigenvalue weighted by molar-refractivity contribution is -0.263. The lowest BCUT2D eigenvalue weighted by Gasteiger charge is -2.42. The van der Waals surface area contributed by atoms with Crippen molar-refractivity contribution in [1.29, 1.82) is 0 Å². The van der Waals surface area contributed by atoms with E-state index in [1.165, 1.54) is 20.8 Å². The number of nitrogens with one attached hydrogen (secondary N) is 1. The number of rotatable bonds is 21. The molecule has 2 aromatic carbocycles. The van der Waals surface area contributed by atoms with Crippen molar-refractivity contribution < 1.29 is 62.5 Å². The Labute approximate surface area is 363 Å². The quantitative estimate of drug-likeness (QED) is 0.0339. The molecule has 19 nitrogen and oxygen atoms in total. The van der Waals surface area contributed by atoms with Gasteiger partial charge < -0.3 is 59.3 Å². The SMILES string of the molecule is CC(=O)NC1C(OCCCCCN)OC(C)C(O)C1O.CC(=O)OC1C(C)OC(OCCCCCN(Cc2ccccc2)C(=O)OCc2ccccc2)C(N=[N+]=[N-])C1OC(C)=O. The second kappa shape index (κ2) is 28.0. The number of hydrogen-bond donors (Lipinski definition) is 4. The van der Waals surface area contributed by atoms with Crippen LogP contribution in [0.5, 0.6) is 0 Å². The molecule has 2 fully saturated rings. The molecule has 10 unspecified atom stereocenters. The van der Waals surface area contributed by atoms with Crippen LogP contribution in [0.15, 0.2) is 65.8 Å². The number of ether oxygens (including phenoxy) is 7. The Kier molecular flexibility index (Phi) is 23.2. The second-order valence-electron chi connectivity index (χ2n) is 15.1. The van der Waals surface area contributed by atoms with Crippen molar-refractivity contribution in [2.75, 3.05) is 26.3 Å². The number of benzene rings is 2. The Bertz CT molecular complexity index is 1690. The molecule has 344 valence electrons. The minimum atomic E-state index is -1.11. The van der Waals surface area contributed by atoms with Crippen molar-refractivity contribution in [1.82, 2.24) is 10.2 Å². The van der Waals surface area contributed by atoms with Gasteiger partial charge in [-0.05, 0) is 75.6 Å². The summed E-state index contributed by atoms with van der Waals surface area (Å²) in [7, 11) is 0. The summed E-state index contributed by atoms with van der Waals surface area (Å²) >= 11 is 0. The van der Waals surface area contributed by atoms with Crippen molar-refractivity contribution in [3.8, 4) is 0 Å². The van der Waals surface area contributed by atoms with Crippen molar-refractivity contribution in [3.63, 3.8) is 0 Å². The largest absolute Gasteiger partial charge is 0.458 e. The Morgan fingerprint density at radius 3 is 1.92 bits per heavy atom. The lowest BCUT2D eigenvalue weighted by Crippen LogP contribution is -2.63. The number of nitrogens with two attached hydrogens (primary N) is 1. The number of amides is 2. The van der Waals surface area contributed by atoms with Crippen LogP contribution < -0.4 is 11.1 Å². The van der Waals surface area contributed by atoms with Gasteiger partial charge in [0.2, 0.25) is 5.91 Å². The zero-order chi connectivity index (χ0) is 45.4. The fourth-order valence-electron chi connectivity index (χ4n) is 6.80. The van der Waals surface area contributed by atoms with E-state index in [2.05, 4.69) is 15.3 Å². The second-order valence-corrected chi connectivity index (χ2v) is 15.1. The fourth-order valence-corrected chi connectivity index (χ4v) is 6.80. The molecule has 0 bridgehead atoms. The highest BCUT2D eigenvalue weighted by atomic mass is 16.7. The number of azide groups is 1. The molecule has 2 aromatic rings. The molecule has 2 amide bonds. The molecule has 2 aliphatic rings. The number of carbonyl (C=O) groups excluding carboxylic acids is 4. The predicted molar refractivity (Wildman–Crippen MR) is 224 cm³/mol. The van der Waals surface area contributed by atoms with Crippen LogP contribution in [0.1, 0.15) is 84.3 Å². The molecule has 0 saturated carbocycles. The number of unbranched alkanes of at least 4 members (excludes halogenated alkanes) is 4. The van der Waals surface area contributed by atoms with E-state index >= 15 is 0 Å². The third kappa shape index (κ3) is 17.9. The van der Waals surface area contributed by atoms with Crippen molar-refractivity contribution in [2.24, 2.45) is 10.8 Å². The molecule has 4 rings (SSSR count). The first kappa shape index (κ1) is 51.5. The van der Waals surface area contributed by atoms with Crippen LogP contribution in [-0.2, 0) is 60.7 Å². The van der Waals surface area contributed by atoms with Crippen molar-refractivity contribution >= 4 is 23.9 Å². The van der Waals surface area contributed by atoms with Gasteiger partial charge in [-0.3, -0.25) is 14.4 Å². The molecule has 2 saturated heterocycles. The van der Waals surface area contributed by atoms with Gasteiger partial charge in [0.05, 0.1) is 12.2 Å². The van der Waals surface area contributed by atoms with Crippen LogP contribution in [-0.4, -0.2) is 127 Å². The van der Waals surface area contributed by atoms with E-state index in [0.717, 1.165) is 36.8 Å². The summed E-state index contributed by atoms with van der Waals surface area (Å²) < 4.78 is 39.1. The Morgan fingerprint density at radius 1 is 0.774 bits per heavy atom. The highest BCUT2D eigenvalue weighted by molar-refractivity contribution is 5.73. The van der Waals surface area contributed by atoms with Crippen molar-refractivity contribution in [3.05, 3.63) is 82.2 Å². The van der Waals surface area contributed by atoms with E-state index in [4.69, 9.17) is 44.4 Å². The van der Waals surface area contributed by atoms with E-state index < -0.39 is 73.2 Å². The van der Waals surface area contributed by atoms with E-state index in [0.29, 0.717) is 39.1 Å². The monoisotopic (exact) mass is 872 g/mol. The molecule has 0 aromatic heterocycles. The minimum absolute atomic E-state index is 0.192. The number of carbonyl (C=O) groups is 4. The number of esters is 2. The molecule has 5 N–H and O–H groups in total. The van der Waals surface area contributed by atoms with Gasteiger partial charge in [-0.1, -0.05) is 65.8 Å². The van der Waals surface area contributed by atoms with Crippen LogP contribution in [0, 0.1) is 0 Å². The van der Waals surface area contributed by atoms with Gasteiger partial charge in [-0.2, -0.15) is 0 Å². The summed E-state index contributed by atoms with van der Waals surface area (Å²) in [5, 5.41) is 26.1. The molecular weight excluding hydrogens is 809 g/mol. The number of hydrogen-bond acceptors (Lipinski definition) is 15. The summed E-state index contributed by atoms with van der Waals surface area (Å²) in [4.78, 5) is 52.0. The van der Waals surface area contributed by atoms with Gasteiger partial charge in [0.15, 0.2) is 24.8 Å². The first-order valence-electron chi connectivity index (χ1n) is 21.0. The first-order valence-corrected chi connectivity index (χ1v) is 21.0. The molecule has 0 spiro atoms. The average molecular weight is 873 g/mol. The molecule has 0 radical (unpaired) electrons. The first-order chi connectivity index (χ1) is 29.7. The minimum Gasteiger partial charge on any atom is -0.458 e. The Morgan fingerprint density at radius 2 is 1.34 bits per heavy atom. The van der Waals surface area contributed by atoms with E-state index in [-0.39, 0.29) is 25.2 Å². The molecule has 0 aliphatic carbocycles. The zero-order valence-electron chi connectivity index (χ0n) is 36.3. The molecule has 10 atom stereocenters. The van der Waals surface area contributed by atoms with Crippen LogP contribution >= 0.6 is 0 Å². The maximum atomic E-state index is 12.9. The van der Waals surface area contributed by atoms with Gasteiger partial charge >= 0.3 is 18.0 Å². The van der Waals surface area contributed by atoms with Crippen LogP contribution in [0.3, 0.4) is 0 Å². The van der Waals surface area contributed by atoms with Crippen LogP contribution in [0.4, 0.5) is 4.79 Å². The maximum Gasteiger partial charge on any atom is 0.410 e. The lowest BCUT2D eigenvalue weighted by atomic mass is 9.97.